The SMILES string of the molecule is CC(=O)Nc1ccc(N2C(=O)C(=O)/C(=C(\O)c3cccc4ccccc34)C2c2cccnc2)cc1. The highest BCUT2D eigenvalue weighted by molar-refractivity contribution is 6.51. The average molecular weight is 463 g/mol. The largest absolute Gasteiger partial charge is 0.507 e. The van der Waals surface area contributed by atoms with E-state index >= 15 is 0 Å². The van der Waals surface area contributed by atoms with Crippen LogP contribution in [0, 0.1) is 0 Å². The van der Waals surface area contributed by atoms with Gasteiger partial charge in [0.1, 0.15) is 5.76 Å². The number of amides is 2. The van der Waals surface area contributed by atoms with Crippen LogP contribution in [0.25, 0.3) is 16.5 Å². The molecule has 1 unspecified atom stereocenters. The minimum absolute atomic E-state index is 0.00899. The number of nitrogens with one attached hydrogen (secondary N) is 1. The predicted molar refractivity (Wildman–Crippen MR) is 134 cm³/mol. The summed E-state index contributed by atoms with van der Waals surface area (Å²) in [7, 11) is 0. The van der Waals surface area contributed by atoms with Crippen molar-refractivity contribution < 1.29 is 19.5 Å². The van der Waals surface area contributed by atoms with Crippen LogP contribution >= 0.6 is 0 Å². The first-order valence-corrected chi connectivity index (χ1v) is 11.0. The maximum Gasteiger partial charge on any atom is 0.300 e. The van der Waals surface area contributed by atoms with E-state index in [4.69, 9.17) is 0 Å². The highest BCUT2D eigenvalue weighted by atomic mass is 16.3. The monoisotopic (exact) mass is 463 g/mol. The van der Waals surface area contributed by atoms with Crippen molar-refractivity contribution in [1.82, 2.24) is 4.98 Å². The number of benzene rings is 3. The molecule has 1 saturated heterocycles. The number of carbonyl (C=O) groups excluding carboxylic acids is 3. The van der Waals surface area contributed by atoms with Gasteiger partial charge in [0.05, 0.1) is 11.6 Å². The fourth-order valence-corrected chi connectivity index (χ4v) is 4.44. The zero-order valence-electron chi connectivity index (χ0n) is 18.8. The van der Waals surface area contributed by atoms with Crippen LogP contribution in [0.1, 0.15) is 24.1 Å². The van der Waals surface area contributed by atoms with Crippen molar-refractivity contribution in [3.8, 4) is 0 Å². The van der Waals surface area contributed by atoms with Crippen LogP contribution in [0.2, 0.25) is 0 Å². The van der Waals surface area contributed by atoms with Gasteiger partial charge in [-0.25, -0.2) is 0 Å². The molecule has 7 nitrogen and oxygen atoms in total. The second kappa shape index (κ2) is 8.87. The number of hydrogen-bond donors (Lipinski definition) is 2. The zero-order chi connectivity index (χ0) is 24.5. The summed E-state index contributed by atoms with van der Waals surface area (Å²) in [6, 6.07) is 22.2. The van der Waals surface area contributed by atoms with Gasteiger partial charge < -0.3 is 10.4 Å². The third-order valence-corrected chi connectivity index (χ3v) is 5.96. The molecule has 1 aliphatic heterocycles. The van der Waals surface area contributed by atoms with Crippen LogP contribution < -0.4 is 10.2 Å². The van der Waals surface area contributed by atoms with E-state index < -0.39 is 17.7 Å². The number of anilines is 2. The molecule has 0 spiro atoms. The third kappa shape index (κ3) is 3.93. The minimum atomic E-state index is -0.880. The normalized spacial score (nSPS) is 17.1. The fourth-order valence-electron chi connectivity index (χ4n) is 4.44. The summed E-state index contributed by atoms with van der Waals surface area (Å²) in [6.07, 6.45) is 3.17. The van der Waals surface area contributed by atoms with E-state index in [9.17, 15) is 19.5 Å². The van der Waals surface area contributed by atoms with Gasteiger partial charge in [-0.15, -0.1) is 0 Å². The summed E-state index contributed by atoms with van der Waals surface area (Å²) >= 11 is 0. The molecule has 0 radical (unpaired) electrons. The lowest BCUT2D eigenvalue weighted by Gasteiger charge is -2.25. The quantitative estimate of drug-likeness (QED) is 0.257. The van der Waals surface area contributed by atoms with Gasteiger partial charge in [0.15, 0.2) is 0 Å². The Labute approximate surface area is 201 Å². The van der Waals surface area contributed by atoms with Gasteiger partial charge in [0.25, 0.3) is 11.7 Å². The summed E-state index contributed by atoms with van der Waals surface area (Å²) in [5.74, 6) is -2.00. The molecule has 0 aliphatic carbocycles. The van der Waals surface area contributed by atoms with Crippen molar-refractivity contribution in [3.05, 3.63) is 108 Å². The molecule has 1 atom stereocenters. The second-order valence-corrected chi connectivity index (χ2v) is 8.21. The van der Waals surface area contributed by atoms with E-state index in [-0.39, 0.29) is 17.2 Å². The molecule has 7 heteroatoms. The van der Waals surface area contributed by atoms with Gasteiger partial charge in [-0.2, -0.15) is 0 Å². The van der Waals surface area contributed by atoms with Gasteiger partial charge >= 0.3 is 0 Å². The lowest BCUT2D eigenvalue weighted by Crippen LogP contribution is -2.29. The first kappa shape index (κ1) is 22.0. The molecule has 5 rings (SSSR count). The van der Waals surface area contributed by atoms with Gasteiger partial charge in [-0.05, 0) is 46.7 Å². The highest BCUT2D eigenvalue weighted by Crippen LogP contribution is 2.42. The number of pyridine rings is 1. The number of rotatable bonds is 4. The van der Waals surface area contributed by atoms with Crippen molar-refractivity contribution in [2.45, 2.75) is 13.0 Å². The summed E-state index contributed by atoms with van der Waals surface area (Å²) in [5, 5.41) is 15.8. The molecule has 35 heavy (non-hydrogen) atoms. The smallest absolute Gasteiger partial charge is 0.300 e. The van der Waals surface area contributed by atoms with Gasteiger partial charge in [0.2, 0.25) is 5.91 Å². The van der Waals surface area contributed by atoms with Crippen LogP contribution in [0.4, 0.5) is 11.4 Å². The van der Waals surface area contributed by atoms with Crippen molar-refractivity contribution >= 4 is 45.5 Å². The maximum atomic E-state index is 13.3. The fraction of sp³-hybridized carbons (Fsp3) is 0.0714. The number of Topliss-reactive ketones (excluding diaryl/α,β-unsaturated/α-hetero) is 1. The molecule has 1 aromatic heterocycles. The van der Waals surface area contributed by atoms with E-state index in [1.807, 2.05) is 30.3 Å². The molecule has 4 aromatic rings. The number of fused-ring (bicyclic) bond motifs is 1. The Hall–Kier alpha value is -4.78. The van der Waals surface area contributed by atoms with Gasteiger partial charge in [-0.3, -0.25) is 24.3 Å². The van der Waals surface area contributed by atoms with Crippen LogP contribution in [-0.2, 0) is 14.4 Å². The third-order valence-electron chi connectivity index (χ3n) is 5.96. The number of carbonyl (C=O) groups is 3. The Bertz CT molecular complexity index is 1490. The van der Waals surface area contributed by atoms with Crippen LogP contribution in [0.3, 0.4) is 0 Å². The van der Waals surface area contributed by atoms with Crippen LogP contribution in [-0.4, -0.2) is 27.7 Å². The zero-order valence-corrected chi connectivity index (χ0v) is 18.8. The standard InChI is InChI=1S/C28H21N3O4/c1-17(32)30-20-11-13-21(14-12-20)31-25(19-8-5-15-29-16-19)24(27(34)28(31)35)26(33)23-10-4-7-18-6-2-3-9-22(18)23/h2-16,25,33H,1H3,(H,30,32)/b26-24-. The van der Waals surface area contributed by atoms with E-state index in [2.05, 4.69) is 10.3 Å². The van der Waals surface area contributed by atoms with Crippen LogP contribution in [0.15, 0.2) is 96.8 Å². The number of aromatic nitrogens is 1. The summed E-state index contributed by atoms with van der Waals surface area (Å²) < 4.78 is 0. The molecule has 2 heterocycles. The molecule has 1 aliphatic rings. The Morgan fingerprint density at radius 2 is 1.69 bits per heavy atom. The molecule has 0 bridgehead atoms. The first-order chi connectivity index (χ1) is 17.0. The highest BCUT2D eigenvalue weighted by Gasteiger charge is 2.47. The van der Waals surface area contributed by atoms with E-state index in [0.717, 1.165) is 10.8 Å². The molecule has 0 saturated carbocycles. The number of aliphatic hydroxyl groups excluding tert-OH is 1. The van der Waals surface area contributed by atoms with Gasteiger partial charge in [-0.1, -0.05) is 48.5 Å². The van der Waals surface area contributed by atoms with Crippen molar-refractivity contribution in [2.24, 2.45) is 0 Å². The average Bonchev–Trinajstić information content (AvgIpc) is 3.14. The van der Waals surface area contributed by atoms with Crippen molar-refractivity contribution in [3.63, 3.8) is 0 Å². The minimum Gasteiger partial charge on any atom is -0.507 e. The summed E-state index contributed by atoms with van der Waals surface area (Å²) in [5.41, 5.74) is 2.05. The van der Waals surface area contributed by atoms with E-state index in [1.165, 1.54) is 11.8 Å². The van der Waals surface area contributed by atoms with Crippen molar-refractivity contribution in [1.29, 1.82) is 0 Å². The van der Waals surface area contributed by atoms with Crippen LogP contribution in [0.5, 0.6) is 0 Å². The molecule has 3 aromatic carbocycles. The number of ketones is 1. The summed E-state index contributed by atoms with van der Waals surface area (Å²) in [6.45, 7) is 1.40. The molecule has 2 amide bonds. The molecular formula is C28H21N3O4. The van der Waals surface area contributed by atoms with Crippen molar-refractivity contribution in [2.75, 3.05) is 10.2 Å². The molecule has 1 fully saturated rings. The Morgan fingerprint density at radius 1 is 0.943 bits per heavy atom. The topological polar surface area (TPSA) is 99.6 Å². The van der Waals surface area contributed by atoms with E-state index in [1.54, 1.807) is 60.9 Å². The first-order valence-electron chi connectivity index (χ1n) is 11.0. The maximum absolute atomic E-state index is 13.3. The predicted octanol–water partition coefficient (Wildman–Crippen LogP) is 4.82. The number of nitrogens with zero attached hydrogens (tertiary/aromatic N) is 2. The second-order valence-electron chi connectivity index (χ2n) is 8.21. The van der Waals surface area contributed by atoms with E-state index in [0.29, 0.717) is 22.5 Å². The lowest BCUT2D eigenvalue weighted by atomic mass is 9.94. The van der Waals surface area contributed by atoms with Gasteiger partial charge in [0, 0.05) is 36.3 Å². The Kier molecular flexibility index (Phi) is 5.58. The lowest BCUT2D eigenvalue weighted by molar-refractivity contribution is -0.132. The Morgan fingerprint density at radius 3 is 2.40 bits per heavy atom. The summed E-state index contributed by atoms with van der Waals surface area (Å²) in [4.78, 5) is 43.5. The molecule has 2 N–H and O–H groups in total. The molecular weight excluding hydrogens is 442 g/mol. The number of aliphatic hydroxyl groups is 1. The Balaban J connectivity index is 1.70. The molecule has 172 valence electrons. The number of hydrogen-bond acceptors (Lipinski definition) is 5.